The monoisotopic (exact) mass is 265 g/mol. The fourth-order valence-corrected chi connectivity index (χ4v) is 2.08. The Hall–Kier alpha value is -2.28. The van der Waals surface area contributed by atoms with E-state index < -0.39 is 17.9 Å². The lowest BCUT2D eigenvalue weighted by atomic mass is 10.1. The van der Waals surface area contributed by atoms with Gasteiger partial charge in [0.2, 0.25) is 5.91 Å². The van der Waals surface area contributed by atoms with Crippen LogP contribution in [0.3, 0.4) is 0 Å². The number of morpholine rings is 1. The molecular formula is C12H15N3O4. The highest BCUT2D eigenvalue weighted by Gasteiger charge is 2.29. The molecule has 0 saturated carbocycles. The average molecular weight is 265 g/mol. The number of amides is 1. The Morgan fingerprint density at radius 3 is 2.74 bits per heavy atom. The van der Waals surface area contributed by atoms with Crippen LogP contribution in [0.25, 0.3) is 0 Å². The van der Waals surface area contributed by atoms with Gasteiger partial charge < -0.3 is 26.2 Å². The topological polar surface area (TPSA) is 119 Å². The lowest BCUT2D eigenvalue weighted by Crippen LogP contribution is -2.52. The lowest BCUT2D eigenvalue weighted by molar-refractivity contribution is -0.121. The van der Waals surface area contributed by atoms with E-state index in [1.807, 2.05) is 0 Å². The number of hydrogen-bond acceptors (Lipinski definition) is 5. The van der Waals surface area contributed by atoms with Crippen LogP contribution >= 0.6 is 0 Å². The Balaban J connectivity index is 2.34. The first kappa shape index (κ1) is 13.2. The Labute approximate surface area is 109 Å². The molecule has 1 fully saturated rings. The smallest absolute Gasteiger partial charge is 0.335 e. The number of nitrogens with zero attached hydrogens (tertiary/aromatic N) is 1. The minimum absolute atomic E-state index is 0.102. The van der Waals surface area contributed by atoms with Gasteiger partial charge in [-0.15, -0.1) is 0 Å². The van der Waals surface area contributed by atoms with Crippen molar-refractivity contribution in [3.8, 4) is 0 Å². The van der Waals surface area contributed by atoms with Crippen LogP contribution in [-0.4, -0.2) is 42.8 Å². The molecule has 1 aromatic rings. The maximum Gasteiger partial charge on any atom is 0.335 e. The maximum atomic E-state index is 11.4. The largest absolute Gasteiger partial charge is 0.478 e. The van der Waals surface area contributed by atoms with Gasteiger partial charge in [0, 0.05) is 6.54 Å². The van der Waals surface area contributed by atoms with Crippen molar-refractivity contribution in [3.05, 3.63) is 23.8 Å². The zero-order valence-electron chi connectivity index (χ0n) is 10.2. The number of benzene rings is 1. The van der Waals surface area contributed by atoms with Crippen LogP contribution in [0, 0.1) is 0 Å². The number of anilines is 2. The van der Waals surface area contributed by atoms with Crippen molar-refractivity contribution >= 4 is 23.3 Å². The van der Waals surface area contributed by atoms with E-state index in [9.17, 15) is 9.59 Å². The van der Waals surface area contributed by atoms with E-state index in [0.717, 1.165) is 0 Å². The van der Waals surface area contributed by atoms with E-state index in [1.165, 1.54) is 12.1 Å². The van der Waals surface area contributed by atoms with Crippen molar-refractivity contribution < 1.29 is 19.4 Å². The number of rotatable bonds is 3. The molecular weight excluding hydrogens is 250 g/mol. The van der Waals surface area contributed by atoms with Crippen molar-refractivity contribution in [1.29, 1.82) is 0 Å². The summed E-state index contributed by atoms with van der Waals surface area (Å²) in [7, 11) is 0. The highest BCUT2D eigenvalue weighted by atomic mass is 16.5. The summed E-state index contributed by atoms with van der Waals surface area (Å²) >= 11 is 0. The van der Waals surface area contributed by atoms with Crippen LogP contribution in [0.15, 0.2) is 18.2 Å². The first-order valence-corrected chi connectivity index (χ1v) is 5.77. The highest BCUT2D eigenvalue weighted by molar-refractivity contribution is 5.91. The van der Waals surface area contributed by atoms with Crippen molar-refractivity contribution in [1.82, 2.24) is 0 Å². The third-order valence-electron chi connectivity index (χ3n) is 3.04. The summed E-state index contributed by atoms with van der Waals surface area (Å²) in [5.74, 6) is -1.55. The number of nitrogens with two attached hydrogens (primary N) is 2. The molecule has 1 aliphatic heterocycles. The fourth-order valence-electron chi connectivity index (χ4n) is 2.08. The van der Waals surface area contributed by atoms with Crippen molar-refractivity contribution in [2.45, 2.75) is 6.04 Å². The van der Waals surface area contributed by atoms with Gasteiger partial charge in [0.25, 0.3) is 0 Å². The van der Waals surface area contributed by atoms with Crippen molar-refractivity contribution in [2.24, 2.45) is 5.73 Å². The van der Waals surface area contributed by atoms with Crippen molar-refractivity contribution in [2.75, 3.05) is 30.4 Å². The van der Waals surface area contributed by atoms with Gasteiger partial charge in [-0.3, -0.25) is 4.79 Å². The molecule has 0 bridgehead atoms. The molecule has 1 saturated heterocycles. The molecule has 1 aromatic carbocycles. The Morgan fingerprint density at radius 2 is 2.16 bits per heavy atom. The van der Waals surface area contributed by atoms with E-state index in [4.69, 9.17) is 21.3 Å². The van der Waals surface area contributed by atoms with Gasteiger partial charge in [-0.25, -0.2) is 4.79 Å². The predicted molar refractivity (Wildman–Crippen MR) is 69.0 cm³/mol. The molecule has 19 heavy (non-hydrogen) atoms. The van der Waals surface area contributed by atoms with Crippen LogP contribution in [0.2, 0.25) is 0 Å². The summed E-state index contributed by atoms with van der Waals surface area (Å²) < 4.78 is 5.22. The third kappa shape index (κ3) is 2.60. The number of carbonyl (C=O) groups excluding carboxylic acids is 1. The Morgan fingerprint density at radius 1 is 1.42 bits per heavy atom. The second-order valence-corrected chi connectivity index (χ2v) is 4.27. The summed E-state index contributed by atoms with van der Waals surface area (Å²) in [6.07, 6.45) is 0. The number of hydrogen-bond donors (Lipinski definition) is 3. The first-order valence-electron chi connectivity index (χ1n) is 5.77. The molecule has 0 radical (unpaired) electrons. The van der Waals surface area contributed by atoms with E-state index in [2.05, 4.69) is 0 Å². The standard InChI is InChI=1S/C12H15N3O4/c13-8-5-7(12(17)18)1-2-9(8)15-3-4-19-6-10(15)11(14)16/h1-2,5,10H,3-4,6,13H2,(H2,14,16)(H,17,18). The molecule has 0 aromatic heterocycles. The average Bonchev–Trinajstić information content (AvgIpc) is 2.38. The minimum Gasteiger partial charge on any atom is -0.478 e. The molecule has 2 rings (SSSR count). The predicted octanol–water partition coefficient (Wildman–Crippen LogP) is -0.342. The number of nitrogen functional groups attached to an aromatic ring is 1. The van der Waals surface area contributed by atoms with Crippen LogP contribution in [0.1, 0.15) is 10.4 Å². The van der Waals surface area contributed by atoms with Gasteiger partial charge in [-0.1, -0.05) is 0 Å². The van der Waals surface area contributed by atoms with Crippen LogP contribution in [0.5, 0.6) is 0 Å². The fraction of sp³-hybridized carbons (Fsp3) is 0.333. The van der Waals surface area contributed by atoms with Crippen LogP contribution < -0.4 is 16.4 Å². The molecule has 1 aliphatic rings. The van der Waals surface area contributed by atoms with Gasteiger partial charge >= 0.3 is 5.97 Å². The van der Waals surface area contributed by atoms with Gasteiger partial charge in [0.1, 0.15) is 6.04 Å². The summed E-state index contributed by atoms with van der Waals surface area (Å²) in [4.78, 5) is 24.0. The van der Waals surface area contributed by atoms with Gasteiger partial charge in [-0.05, 0) is 18.2 Å². The Bertz CT molecular complexity index is 518. The van der Waals surface area contributed by atoms with Gasteiger partial charge in [0.15, 0.2) is 0 Å². The van der Waals surface area contributed by atoms with E-state index in [-0.39, 0.29) is 12.2 Å². The second kappa shape index (κ2) is 5.15. The van der Waals surface area contributed by atoms with E-state index in [1.54, 1.807) is 11.0 Å². The van der Waals surface area contributed by atoms with Gasteiger partial charge in [-0.2, -0.15) is 0 Å². The highest BCUT2D eigenvalue weighted by Crippen LogP contribution is 2.27. The second-order valence-electron chi connectivity index (χ2n) is 4.27. The molecule has 1 amide bonds. The minimum atomic E-state index is -1.05. The SMILES string of the molecule is NC(=O)C1COCCN1c1ccc(C(=O)O)cc1N. The lowest BCUT2D eigenvalue weighted by Gasteiger charge is -2.36. The number of carboxylic acid groups (broad SMARTS) is 1. The molecule has 5 N–H and O–H groups in total. The maximum absolute atomic E-state index is 11.4. The zero-order valence-corrected chi connectivity index (χ0v) is 10.2. The number of carboxylic acids is 1. The Kier molecular flexibility index (Phi) is 3.57. The summed E-state index contributed by atoms with van der Waals surface area (Å²) in [6, 6.07) is 3.80. The molecule has 1 heterocycles. The molecule has 0 spiro atoms. The van der Waals surface area contributed by atoms with Gasteiger partial charge in [0.05, 0.1) is 30.2 Å². The summed E-state index contributed by atoms with van der Waals surface area (Å²) in [5, 5.41) is 8.89. The zero-order chi connectivity index (χ0) is 14.0. The number of primary amides is 1. The molecule has 0 aliphatic carbocycles. The van der Waals surface area contributed by atoms with E-state index in [0.29, 0.717) is 24.5 Å². The van der Waals surface area contributed by atoms with E-state index >= 15 is 0 Å². The molecule has 7 heteroatoms. The normalized spacial score (nSPS) is 19.2. The van der Waals surface area contributed by atoms with Crippen LogP contribution in [-0.2, 0) is 9.53 Å². The first-order chi connectivity index (χ1) is 9.00. The number of aromatic carboxylic acids is 1. The number of carbonyl (C=O) groups is 2. The molecule has 102 valence electrons. The van der Waals surface area contributed by atoms with Crippen LogP contribution in [0.4, 0.5) is 11.4 Å². The molecule has 1 atom stereocenters. The summed E-state index contributed by atoms with van der Waals surface area (Å²) in [5.41, 5.74) is 12.2. The van der Waals surface area contributed by atoms with Crippen molar-refractivity contribution in [3.63, 3.8) is 0 Å². The quantitative estimate of drug-likeness (QED) is 0.643. The number of ether oxygens (including phenoxy) is 1. The molecule has 1 unspecified atom stereocenters. The molecule has 7 nitrogen and oxygen atoms in total. The third-order valence-corrected chi connectivity index (χ3v) is 3.04. The summed E-state index contributed by atoms with van der Waals surface area (Å²) in [6.45, 7) is 1.14.